The molecular formula is C13H15NO6. The molecule has 1 heterocycles. The number of oxime groups is 1. The fraction of sp³-hybridized carbons (Fsp3) is 0.462. The van der Waals surface area contributed by atoms with E-state index in [2.05, 4.69) is 9.89 Å². The molecule has 0 radical (unpaired) electrons. The van der Waals surface area contributed by atoms with Gasteiger partial charge in [0.15, 0.2) is 5.76 Å². The monoisotopic (exact) mass is 281 g/mol. The Kier molecular flexibility index (Phi) is 4.07. The van der Waals surface area contributed by atoms with E-state index in [0.29, 0.717) is 12.8 Å². The number of carboxylic acid groups (broad SMARTS) is 1. The number of rotatable bonds is 5. The molecule has 0 spiro atoms. The zero-order chi connectivity index (χ0) is 14.6. The second kappa shape index (κ2) is 5.77. The highest BCUT2D eigenvalue weighted by molar-refractivity contribution is 6.42. The summed E-state index contributed by atoms with van der Waals surface area (Å²) in [6.07, 6.45) is 3.58. The third kappa shape index (κ3) is 2.66. The van der Waals surface area contributed by atoms with E-state index in [9.17, 15) is 14.7 Å². The van der Waals surface area contributed by atoms with Gasteiger partial charge in [-0.25, -0.2) is 9.59 Å². The average molecular weight is 281 g/mol. The minimum absolute atomic E-state index is 0.162. The van der Waals surface area contributed by atoms with Crippen LogP contribution >= 0.6 is 0 Å². The van der Waals surface area contributed by atoms with Crippen molar-refractivity contribution >= 4 is 17.7 Å². The third-order valence-corrected chi connectivity index (χ3v) is 3.25. The van der Waals surface area contributed by atoms with Crippen molar-refractivity contribution < 1.29 is 28.7 Å². The summed E-state index contributed by atoms with van der Waals surface area (Å²) in [4.78, 5) is 28.2. The van der Waals surface area contributed by atoms with E-state index < -0.39 is 17.5 Å². The van der Waals surface area contributed by atoms with Gasteiger partial charge in [0.25, 0.3) is 0 Å². The molecule has 1 aromatic rings. The maximum Gasteiger partial charge on any atom is 0.364 e. The number of carbonyl (C=O) groups is 2. The molecule has 1 fully saturated rings. The highest BCUT2D eigenvalue weighted by Gasteiger charge is 2.45. The average Bonchev–Trinajstić information content (AvgIpc) is 3.10. The third-order valence-electron chi connectivity index (χ3n) is 3.25. The molecule has 1 aromatic heterocycles. The molecule has 0 amide bonds. The number of hydrogen-bond donors (Lipinski definition) is 1. The van der Waals surface area contributed by atoms with Crippen molar-refractivity contribution in [2.75, 3.05) is 7.11 Å². The molecule has 0 aliphatic heterocycles. The summed E-state index contributed by atoms with van der Waals surface area (Å²) in [5.74, 6) is -1.67. The van der Waals surface area contributed by atoms with Crippen LogP contribution < -0.4 is 0 Å². The van der Waals surface area contributed by atoms with Crippen LogP contribution in [0.3, 0.4) is 0 Å². The first-order chi connectivity index (χ1) is 9.59. The van der Waals surface area contributed by atoms with E-state index >= 15 is 0 Å². The second-order valence-electron chi connectivity index (χ2n) is 4.51. The van der Waals surface area contributed by atoms with Gasteiger partial charge >= 0.3 is 11.9 Å². The van der Waals surface area contributed by atoms with Gasteiger partial charge in [-0.2, -0.15) is 0 Å². The van der Waals surface area contributed by atoms with Crippen LogP contribution in [0.5, 0.6) is 0 Å². The first kappa shape index (κ1) is 14.1. The number of furan rings is 1. The molecule has 1 aliphatic rings. The topological polar surface area (TPSA) is 98.3 Å². The maximum atomic E-state index is 11.6. The van der Waals surface area contributed by atoms with Crippen LogP contribution in [0, 0.1) is 0 Å². The number of nitrogens with zero attached hydrogens (tertiary/aromatic N) is 1. The summed E-state index contributed by atoms with van der Waals surface area (Å²) in [6.45, 7) is 0. The molecule has 0 atom stereocenters. The SMILES string of the molecule is COC(=O)/C(=N/OC1(C(=O)O)CCCC1)c1ccco1. The number of carbonyl (C=O) groups excluding carboxylic acids is 1. The molecule has 7 nitrogen and oxygen atoms in total. The van der Waals surface area contributed by atoms with E-state index in [1.54, 1.807) is 6.07 Å². The Morgan fingerprint density at radius 2 is 2.10 bits per heavy atom. The van der Waals surface area contributed by atoms with E-state index in [-0.39, 0.29) is 11.5 Å². The lowest BCUT2D eigenvalue weighted by molar-refractivity contribution is -0.165. The molecule has 1 aliphatic carbocycles. The van der Waals surface area contributed by atoms with Crippen LogP contribution in [0.1, 0.15) is 31.4 Å². The number of carboxylic acids is 1. The largest absolute Gasteiger partial charge is 0.478 e. The molecule has 7 heteroatoms. The minimum Gasteiger partial charge on any atom is -0.478 e. The Bertz CT molecular complexity index is 513. The lowest BCUT2D eigenvalue weighted by Gasteiger charge is -2.21. The second-order valence-corrected chi connectivity index (χ2v) is 4.51. The fourth-order valence-electron chi connectivity index (χ4n) is 2.12. The number of ether oxygens (including phenoxy) is 1. The van der Waals surface area contributed by atoms with Crippen molar-refractivity contribution in [2.24, 2.45) is 5.16 Å². The number of methoxy groups -OCH3 is 1. The molecular weight excluding hydrogens is 266 g/mol. The zero-order valence-electron chi connectivity index (χ0n) is 11.0. The summed E-state index contributed by atoms with van der Waals surface area (Å²) in [7, 11) is 1.20. The smallest absolute Gasteiger partial charge is 0.364 e. The summed E-state index contributed by atoms with van der Waals surface area (Å²) in [5, 5.41) is 12.9. The van der Waals surface area contributed by atoms with E-state index in [0.717, 1.165) is 12.8 Å². The van der Waals surface area contributed by atoms with Crippen LogP contribution in [0.15, 0.2) is 28.0 Å². The first-order valence-corrected chi connectivity index (χ1v) is 6.21. The summed E-state index contributed by atoms with van der Waals surface area (Å²) >= 11 is 0. The lowest BCUT2D eigenvalue weighted by atomic mass is 10.0. The Balaban J connectivity index is 2.25. The molecule has 0 saturated heterocycles. The van der Waals surface area contributed by atoms with Gasteiger partial charge in [0, 0.05) is 12.8 Å². The Hall–Kier alpha value is -2.31. The van der Waals surface area contributed by atoms with Crippen molar-refractivity contribution in [1.29, 1.82) is 0 Å². The van der Waals surface area contributed by atoms with Gasteiger partial charge in [-0.1, -0.05) is 5.16 Å². The Morgan fingerprint density at radius 1 is 1.40 bits per heavy atom. The maximum absolute atomic E-state index is 11.6. The molecule has 20 heavy (non-hydrogen) atoms. The summed E-state index contributed by atoms with van der Waals surface area (Å²) in [5.41, 5.74) is -1.56. The van der Waals surface area contributed by atoms with Crippen LogP contribution in [0.25, 0.3) is 0 Å². The van der Waals surface area contributed by atoms with Crippen LogP contribution in [-0.4, -0.2) is 35.5 Å². The Morgan fingerprint density at radius 3 is 2.60 bits per heavy atom. The van der Waals surface area contributed by atoms with Crippen LogP contribution in [-0.2, 0) is 19.2 Å². The number of hydrogen-bond acceptors (Lipinski definition) is 6. The molecule has 108 valence electrons. The first-order valence-electron chi connectivity index (χ1n) is 6.21. The van der Waals surface area contributed by atoms with Gasteiger partial charge in [-0.3, -0.25) is 0 Å². The standard InChI is InChI=1S/C13H15NO6/c1-18-11(15)10(9-5-4-8-19-9)14-20-13(12(16)17)6-2-3-7-13/h4-5,8H,2-3,6-7H2,1H3,(H,16,17)/b14-10+. The summed E-state index contributed by atoms with van der Waals surface area (Å²) in [6, 6.07) is 3.09. The molecule has 0 aromatic carbocycles. The molecule has 1 saturated carbocycles. The fourth-order valence-corrected chi connectivity index (χ4v) is 2.12. The quantitative estimate of drug-likeness (QED) is 0.499. The number of esters is 1. The van der Waals surface area contributed by atoms with Crippen molar-refractivity contribution in [1.82, 2.24) is 0 Å². The molecule has 0 bridgehead atoms. The van der Waals surface area contributed by atoms with Gasteiger partial charge in [0.05, 0.1) is 13.4 Å². The predicted octanol–water partition coefficient (Wildman–Crippen LogP) is 1.57. The normalized spacial score (nSPS) is 17.8. The van der Waals surface area contributed by atoms with Crippen molar-refractivity contribution in [3.63, 3.8) is 0 Å². The number of aliphatic carboxylic acids is 1. The lowest BCUT2D eigenvalue weighted by Crippen LogP contribution is -2.37. The predicted molar refractivity (Wildman–Crippen MR) is 67.2 cm³/mol. The Labute approximate surface area is 115 Å². The van der Waals surface area contributed by atoms with Crippen molar-refractivity contribution in [2.45, 2.75) is 31.3 Å². The molecule has 2 rings (SSSR count). The highest BCUT2D eigenvalue weighted by Crippen LogP contribution is 2.33. The molecule has 0 unspecified atom stereocenters. The summed E-state index contributed by atoms with van der Waals surface area (Å²) < 4.78 is 9.66. The van der Waals surface area contributed by atoms with Gasteiger partial charge in [-0.05, 0) is 25.0 Å². The molecule has 1 N–H and O–H groups in total. The van der Waals surface area contributed by atoms with Crippen LogP contribution in [0.4, 0.5) is 0 Å². The van der Waals surface area contributed by atoms with Gasteiger partial charge in [0.1, 0.15) is 0 Å². The van der Waals surface area contributed by atoms with E-state index in [4.69, 9.17) is 9.25 Å². The van der Waals surface area contributed by atoms with Crippen molar-refractivity contribution in [3.05, 3.63) is 24.2 Å². The van der Waals surface area contributed by atoms with Gasteiger partial charge in [0.2, 0.25) is 11.3 Å². The zero-order valence-corrected chi connectivity index (χ0v) is 11.0. The van der Waals surface area contributed by atoms with Crippen LogP contribution in [0.2, 0.25) is 0 Å². The van der Waals surface area contributed by atoms with E-state index in [1.807, 2.05) is 0 Å². The van der Waals surface area contributed by atoms with Gasteiger partial charge < -0.3 is 19.1 Å². The van der Waals surface area contributed by atoms with E-state index in [1.165, 1.54) is 19.4 Å². The highest BCUT2D eigenvalue weighted by atomic mass is 16.7. The van der Waals surface area contributed by atoms with Crippen molar-refractivity contribution in [3.8, 4) is 0 Å². The van der Waals surface area contributed by atoms with Gasteiger partial charge in [-0.15, -0.1) is 0 Å². The minimum atomic E-state index is -1.37.